The molecule has 0 saturated heterocycles. The highest BCUT2D eigenvalue weighted by molar-refractivity contribution is 6.30. The van der Waals surface area contributed by atoms with E-state index in [1.165, 1.54) is 0 Å². The summed E-state index contributed by atoms with van der Waals surface area (Å²) in [5.41, 5.74) is -1.04. The first kappa shape index (κ1) is 37.7. The SMILES string of the molecule is CCC=CCC=CCC=CCC=CCC=CCC=CCCC(=O)NCCOCCNC(=O)C(C)(C)Oc1ccc(Cl)cc1. The summed E-state index contributed by atoms with van der Waals surface area (Å²) in [5.74, 6) is 0.323. The summed E-state index contributed by atoms with van der Waals surface area (Å²) in [5, 5.41) is 6.26. The van der Waals surface area contributed by atoms with E-state index >= 15 is 0 Å². The molecule has 1 rings (SSSR count). The zero-order valence-corrected chi connectivity index (χ0v) is 27.0. The van der Waals surface area contributed by atoms with E-state index in [1.807, 2.05) is 6.08 Å². The molecule has 7 heteroatoms. The van der Waals surface area contributed by atoms with Crippen molar-refractivity contribution in [3.63, 3.8) is 0 Å². The second-order valence-electron chi connectivity index (χ2n) is 10.2. The van der Waals surface area contributed by atoms with Crippen LogP contribution in [0.1, 0.15) is 72.1 Å². The van der Waals surface area contributed by atoms with Gasteiger partial charge < -0.3 is 20.1 Å². The number of hydrogen-bond acceptors (Lipinski definition) is 4. The van der Waals surface area contributed by atoms with Gasteiger partial charge in [-0.2, -0.15) is 0 Å². The summed E-state index contributed by atoms with van der Waals surface area (Å²) in [6.07, 6.45) is 33.0. The van der Waals surface area contributed by atoms with Crippen molar-refractivity contribution in [1.82, 2.24) is 10.6 Å². The average molecular weight is 611 g/mol. The number of carbonyl (C=O) groups is 2. The van der Waals surface area contributed by atoms with Gasteiger partial charge in [-0.15, -0.1) is 0 Å². The Hall–Kier alpha value is -3.35. The van der Waals surface area contributed by atoms with Crippen molar-refractivity contribution < 1.29 is 19.1 Å². The summed E-state index contributed by atoms with van der Waals surface area (Å²) in [6, 6.07) is 6.86. The largest absolute Gasteiger partial charge is 0.478 e. The van der Waals surface area contributed by atoms with Crippen LogP contribution >= 0.6 is 11.6 Å². The summed E-state index contributed by atoms with van der Waals surface area (Å²) < 4.78 is 11.3. The van der Waals surface area contributed by atoms with Crippen molar-refractivity contribution in [2.24, 2.45) is 0 Å². The van der Waals surface area contributed by atoms with Gasteiger partial charge >= 0.3 is 0 Å². The van der Waals surface area contributed by atoms with E-state index in [2.05, 4.69) is 84.4 Å². The maximum Gasteiger partial charge on any atom is 0.263 e. The van der Waals surface area contributed by atoms with Crippen molar-refractivity contribution in [2.75, 3.05) is 26.3 Å². The normalized spacial score (nSPS) is 12.6. The Kier molecular flexibility index (Phi) is 22.1. The number of halogens is 1. The predicted molar refractivity (Wildman–Crippen MR) is 180 cm³/mol. The van der Waals surface area contributed by atoms with Crippen molar-refractivity contribution in [2.45, 2.75) is 77.7 Å². The van der Waals surface area contributed by atoms with Crippen LogP contribution in [-0.2, 0) is 14.3 Å². The molecule has 2 N–H and O–H groups in total. The smallest absolute Gasteiger partial charge is 0.263 e. The first-order chi connectivity index (χ1) is 20.8. The number of allylic oxidation sites excluding steroid dienone is 12. The average Bonchev–Trinajstić information content (AvgIpc) is 2.98. The molecule has 6 nitrogen and oxygen atoms in total. The highest BCUT2D eigenvalue weighted by Crippen LogP contribution is 2.21. The van der Waals surface area contributed by atoms with Crippen molar-refractivity contribution in [1.29, 1.82) is 0 Å². The molecule has 0 bridgehead atoms. The lowest BCUT2D eigenvalue weighted by atomic mass is 10.1. The topological polar surface area (TPSA) is 76.7 Å². The van der Waals surface area contributed by atoms with Gasteiger partial charge in [0.25, 0.3) is 5.91 Å². The molecular weight excluding hydrogens is 560 g/mol. The van der Waals surface area contributed by atoms with Gasteiger partial charge in [0.1, 0.15) is 5.75 Å². The maximum atomic E-state index is 12.4. The first-order valence-corrected chi connectivity index (χ1v) is 15.7. The molecule has 0 aromatic heterocycles. The number of nitrogens with one attached hydrogen (secondary N) is 2. The number of hydrogen-bond donors (Lipinski definition) is 2. The number of carbonyl (C=O) groups excluding carboxylic acids is 2. The van der Waals surface area contributed by atoms with Crippen LogP contribution in [0.3, 0.4) is 0 Å². The molecule has 1 aromatic carbocycles. The van der Waals surface area contributed by atoms with Gasteiger partial charge in [0, 0.05) is 24.5 Å². The third-order valence-electron chi connectivity index (χ3n) is 5.97. The minimum absolute atomic E-state index is 0.00229. The van der Waals surface area contributed by atoms with Gasteiger partial charge in [-0.3, -0.25) is 9.59 Å². The minimum atomic E-state index is -1.04. The molecule has 0 atom stereocenters. The molecule has 0 heterocycles. The van der Waals surface area contributed by atoms with E-state index in [0.717, 1.165) is 38.5 Å². The first-order valence-electron chi connectivity index (χ1n) is 15.3. The molecule has 43 heavy (non-hydrogen) atoms. The van der Waals surface area contributed by atoms with Crippen LogP contribution in [0.5, 0.6) is 5.75 Å². The van der Waals surface area contributed by atoms with Crippen LogP contribution in [0.2, 0.25) is 5.02 Å². The lowest BCUT2D eigenvalue weighted by molar-refractivity contribution is -0.134. The van der Waals surface area contributed by atoms with E-state index in [9.17, 15) is 9.59 Å². The van der Waals surface area contributed by atoms with Gasteiger partial charge in [-0.25, -0.2) is 0 Å². The summed E-state index contributed by atoms with van der Waals surface area (Å²) >= 11 is 5.88. The van der Waals surface area contributed by atoms with Crippen molar-refractivity contribution in [3.8, 4) is 5.75 Å². The predicted octanol–water partition coefficient (Wildman–Crippen LogP) is 8.22. The lowest BCUT2D eigenvalue weighted by Crippen LogP contribution is -2.47. The fourth-order valence-corrected chi connectivity index (χ4v) is 3.73. The molecule has 0 aliphatic heterocycles. The van der Waals surface area contributed by atoms with Crippen LogP contribution in [0.15, 0.2) is 97.2 Å². The fraction of sp³-hybridized carbons (Fsp3) is 0.444. The third kappa shape index (κ3) is 21.9. The number of benzene rings is 1. The van der Waals surface area contributed by atoms with E-state index in [-0.39, 0.29) is 11.8 Å². The molecule has 2 amide bonds. The van der Waals surface area contributed by atoms with Crippen LogP contribution < -0.4 is 15.4 Å². The molecular formula is C36H51ClN2O4. The summed E-state index contributed by atoms with van der Waals surface area (Å²) in [4.78, 5) is 24.4. The van der Waals surface area contributed by atoms with Gasteiger partial charge in [0.15, 0.2) is 5.60 Å². The van der Waals surface area contributed by atoms with E-state index < -0.39 is 5.60 Å². The Morgan fingerprint density at radius 1 is 0.721 bits per heavy atom. The molecule has 0 fully saturated rings. The maximum absolute atomic E-state index is 12.4. The quantitative estimate of drug-likeness (QED) is 0.0966. The zero-order chi connectivity index (χ0) is 31.4. The van der Waals surface area contributed by atoms with Gasteiger partial charge in [-0.1, -0.05) is 91.4 Å². The Morgan fingerprint density at radius 3 is 1.70 bits per heavy atom. The molecule has 0 aliphatic carbocycles. The van der Waals surface area contributed by atoms with Crippen LogP contribution in [-0.4, -0.2) is 43.7 Å². The van der Waals surface area contributed by atoms with Crippen LogP contribution in [0.25, 0.3) is 0 Å². The van der Waals surface area contributed by atoms with Crippen molar-refractivity contribution >= 4 is 23.4 Å². The fourth-order valence-electron chi connectivity index (χ4n) is 3.60. The Balaban J connectivity index is 1.98. The van der Waals surface area contributed by atoms with Gasteiger partial charge in [0.2, 0.25) is 5.91 Å². The van der Waals surface area contributed by atoms with Gasteiger partial charge in [-0.05, 0) is 83.1 Å². The highest BCUT2D eigenvalue weighted by atomic mass is 35.5. The third-order valence-corrected chi connectivity index (χ3v) is 6.22. The van der Waals surface area contributed by atoms with E-state index in [0.29, 0.717) is 49.9 Å². The van der Waals surface area contributed by atoms with Crippen LogP contribution in [0.4, 0.5) is 0 Å². The molecule has 0 radical (unpaired) electrons. The zero-order valence-electron chi connectivity index (χ0n) is 26.2. The highest BCUT2D eigenvalue weighted by Gasteiger charge is 2.29. The minimum Gasteiger partial charge on any atom is -0.478 e. The molecule has 0 unspecified atom stereocenters. The Labute approximate surface area is 264 Å². The van der Waals surface area contributed by atoms with Crippen LogP contribution in [0, 0.1) is 0 Å². The lowest BCUT2D eigenvalue weighted by Gasteiger charge is -2.25. The second kappa shape index (κ2) is 25.2. The number of rotatable bonds is 23. The molecule has 236 valence electrons. The van der Waals surface area contributed by atoms with Gasteiger partial charge in [0.05, 0.1) is 13.2 Å². The standard InChI is InChI=1S/C36H51ClN2O4/c1-4-5-6-7-8-9-10-11-12-13-14-15-16-17-18-19-20-21-22-23-34(40)38-28-30-42-31-29-39-35(41)36(2,3)43-33-26-24-32(37)25-27-33/h5-6,8-9,11-12,14-15,17-18,20-21,24-27H,4,7,10,13,16,19,22-23,28-31H2,1-3H3,(H,38,40)(H,39,41). The van der Waals surface area contributed by atoms with E-state index in [4.69, 9.17) is 21.1 Å². The second-order valence-corrected chi connectivity index (χ2v) is 10.7. The number of ether oxygens (including phenoxy) is 2. The van der Waals surface area contributed by atoms with Crippen molar-refractivity contribution in [3.05, 3.63) is 102 Å². The van der Waals surface area contributed by atoms with E-state index in [1.54, 1.807) is 38.1 Å². The summed E-state index contributed by atoms with van der Waals surface area (Å²) in [7, 11) is 0. The number of amides is 2. The molecule has 1 aromatic rings. The Morgan fingerprint density at radius 2 is 1.19 bits per heavy atom. The summed E-state index contributed by atoms with van der Waals surface area (Å²) in [6.45, 7) is 7.06. The monoisotopic (exact) mass is 610 g/mol. The molecule has 0 saturated carbocycles. The molecule has 0 spiro atoms. The molecule has 0 aliphatic rings. The Bertz CT molecular complexity index is 1070.